The number of methoxy groups -OCH3 is 1. The molecule has 0 heterocycles. The molecular weight excluding hydrogens is 302 g/mol. The molecule has 0 saturated carbocycles. The standard InChI is InChI=1S/C16H15NO6/c1-10(11-5-3-6-12(9-11)17(20)21)23-16(19)13-7-4-8-14(22-2)15(13)18/h3-10,18H,1-2H3. The van der Waals surface area contributed by atoms with Crippen molar-refractivity contribution in [1.29, 1.82) is 0 Å². The Balaban J connectivity index is 2.20. The second-order valence-electron chi connectivity index (χ2n) is 4.76. The van der Waals surface area contributed by atoms with E-state index in [0.29, 0.717) is 5.56 Å². The van der Waals surface area contributed by atoms with E-state index in [1.54, 1.807) is 19.1 Å². The molecule has 0 aliphatic heterocycles. The maximum absolute atomic E-state index is 12.2. The van der Waals surface area contributed by atoms with E-state index in [0.717, 1.165) is 0 Å². The average Bonchev–Trinajstić information content (AvgIpc) is 2.55. The van der Waals surface area contributed by atoms with Gasteiger partial charge in [-0.05, 0) is 24.6 Å². The molecule has 0 aromatic heterocycles. The molecule has 0 fully saturated rings. The highest BCUT2D eigenvalue weighted by Crippen LogP contribution is 2.31. The van der Waals surface area contributed by atoms with E-state index in [4.69, 9.17) is 9.47 Å². The summed E-state index contributed by atoms with van der Waals surface area (Å²) in [6.45, 7) is 1.59. The fourth-order valence-electron chi connectivity index (χ4n) is 2.04. The number of nitrogens with zero attached hydrogens (tertiary/aromatic N) is 1. The molecule has 2 aromatic rings. The van der Waals surface area contributed by atoms with Gasteiger partial charge in [0.2, 0.25) is 0 Å². The summed E-state index contributed by atoms with van der Waals surface area (Å²) in [5.41, 5.74) is 0.353. The Morgan fingerprint density at radius 1 is 1.26 bits per heavy atom. The number of rotatable bonds is 5. The number of hydrogen-bond acceptors (Lipinski definition) is 6. The van der Waals surface area contributed by atoms with Gasteiger partial charge in [-0.2, -0.15) is 0 Å². The Bertz CT molecular complexity index is 743. The number of nitro benzene ring substituents is 1. The predicted molar refractivity (Wildman–Crippen MR) is 81.6 cm³/mol. The Labute approximate surface area is 132 Å². The number of para-hydroxylation sites is 1. The lowest BCUT2D eigenvalue weighted by atomic mass is 10.1. The number of non-ortho nitro benzene ring substituents is 1. The number of ether oxygens (including phenoxy) is 2. The zero-order valence-electron chi connectivity index (χ0n) is 12.6. The molecule has 7 heteroatoms. The van der Waals surface area contributed by atoms with Crippen LogP contribution in [-0.2, 0) is 4.74 Å². The van der Waals surface area contributed by atoms with Gasteiger partial charge in [-0.15, -0.1) is 0 Å². The lowest BCUT2D eigenvalue weighted by Gasteiger charge is -2.14. The van der Waals surface area contributed by atoms with E-state index >= 15 is 0 Å². The van der Waals surface area contributed by atoms with Gasteiger partial charge in [0.15, 0.2) is 11.5 Å². The third-order valence-electron chi connectivity index (χ3n) is 3.27. The van der Waals surface area contributed by atoms with Gasteiger partial charge in [-0.25, -0.2) is 4.79 Å². The molecule has 1 N–H and O–H groups in total. The Hall–Kier alpha value is -3.09. The molecule has 0 radical (unpaired) electrons. The first-order valence-electron chi connectivity index (χ1n) is 6.75. The zero-order chi connectivity index (χ0) is 17.0. The van der Waals surface area contributed by atoms with Crippen LogP contribution in [-0.4, -0.2) is 23.1 Å². The summed E-state index contributed by atoms with van der Waals surface area (Å²) in [5.74, 6) is -0.908. The Kier molecular flexibility index (Phi) is 4.80. The van der Waals surface area contributed by atoms with Crippen LogP contribution in [0.25, 0.3) is 0 Å². The number of carbonyl (C=O) groups is 1. The van der Waals surface area contributed by atoms with E-state index in [2.05, 4.69) is 0 Å². The highest BCUT2D eigenvalue weighted by molar-refractivity contribution is 5.93. The normalized spacial score (nSPS) is 11.6. The molecule has 1 atom stereocenters. The monoisotopic (exact) mass is 317 g/mol. The van der Waals surface area contributed by atoms with Crippen molar-refractivity contribution in [3.8, 4) is 11.5 Å². The van der Waals surface area contributed by atoms with E-state index < -0.39 is 17.0 Å². The van der Waals surface area contributed by atoms with Gasteiger partial charge >= 0.3 is 5.97 Å². The van der Waals surface area contributed by atoms with Crippen LogP contribution in [0.4, 0.5) is 5.69 Å². The highest BCUT2D eigenvalue weighted by atomic mass is 16.6. The summed E-state index contributed by atoms with van der Waals surface area (Å²) in [7, 11) is 1.37. The average molecular weight is 317 g/mol. The Morgan fingerprint density at radius 3 is 2.61 bits per heavy atom. The van der Waals surface area contributed by atoms with Gasteiger partial charge in [0.25, 0.3) is 5.69 Å². The number of hydrogen-bond donors (Lipinski definition) is 1. The number of phenols is 1. The van der Waals surface area contributed by atoms with Gasteiger partial charge in [-0.1, -0.05) is 18.2 Å². The van der Waals surface area contributed by atoms with E-state index in [-0.39, 0.29) is 22.7 Å². The van der Waals surface area contributed by atoms with Crippen LogP contribution in [0.2, 0.25) is 0 Å². The summed E-state index contributed by atoms with van der Waals surface area (Å²) in [4.78, 5) is 22.4. The van der Waals surface area contributed by atoms with Gasteiger partial charge in [-0.3, -0.25) is 10.1 Å². The van der Waals surface area contributed by atoms with Gasteiger partial charge in [0.1, 0.15) is 11.7 Å². The van der Waals surface area contributed by atoms with Crippen molar-refractivity contribution in [3.05, 3.63) is 63.7 Å². The van der Waals surface area contributed by atoms with Crippen molar-refractivity contribution in [2.75, 3.05) is 7.11 Å². The van der Waals surface area contributed by atoms with Crippen LogP contribution >= 0.6 is 0 Å². The third-order valence-corrected chi connectivity index (χ3v) is 3.27. The summed E-state index contributed by atoms with van der Waals surface area (Å²) in [6, 6.07) is 10.3. The predicted octanol–water partition coefficient (Wildman–Crippen LogP) is 3.23. The number of benzene rings is 2. The summed E-state index contributed by atoms with van der Waals surface area (Å²) in [6.07, 6.45) is -0.715. The van der Waals surface area contributed by atoms with Crippen LogP contribution in [0.3, 0.4) is 0 Å². The van der Waals surface area contributed by atoms with Crippen LogP contribution in [0.15, 0.2) is 42.5 Å². The minimum atomic E-state index is -0.750. The van der Waals surface area contributed by atoms with E-state index in [9.17, 15) is 20.0 Å². The van der Waals surface area contributed by atoms with Crippen molar-refractivity contribution in [1.82, 2.24) is 0 Å². The molecule has 0 saturated heterocycles. The highest BCUT2D eigenvalue weighted by Gasteiger charge is 2.20. The van der Waals surface area contributed by atoms with Crippen molar-refractivity contribution < 1.29 is 24.3 Å². The largest absolute Gasteiger partial charge is 0.504 e. The molecule has 0 bridgehead atoms. The fourth-order valence-corrected chi connectivity index (χ4v) is 2.04. The molecule has 2 rings (SSSR count). The summed E-state index contributed by atoms with van der Waals surface area (Å²) < 4.78 is 10.2. The van der Waals surface area contributed by atoms with Gasteiger partial charge in [0, 0.05) is 12.1 Å². The second-order valence-corrected chi connectivity index (χ2v) is 4.76. The first kappa shape index (κ1) is 16.3. The summed E-state index contributed by atoms with van der Waals surface area (Å²) >= 11 is 0. The first-order chi connectivity index (χ1) is 10.9. The number of phenolic OH excluding ortho intramolecular Hbond substituents is 1. The fraction of sp³-hybridized carbons (Fsp3) is 0.188. The molecule has 0 aliphatic carbocycles. The second kappa shape index (κ2) is 6.78. The molecule has 0 spiro atoms. The number of nitro groups is 1. The lowest BCUT2D eigenvalue weighted by Crippen LogP contribution is -2.10. The number of aromatic hydroxyl groups is 1. The maximum atomic E-state index is 12.2. The van der Waals surface area contributed by atoms with E-state index in [1.165, 1.54) is 37.4 Å². The SMILES string of the molecule is COc1cccc(C(=O)OC(C)c2cccc([N+](=O)[O-])c2)c1O. The van der Waals surface area contributed by atoms with Crippen LogP contribution in [0.5, 0.6) is 11.5 Å². The molecular formula is C16H15NO6. The zero-order valence-corrected chi connectivity index (χ0v) is 12.6. The third kappa shape index (κ3) is 3.57. The van der Waals surface area contributed by atoms with Crippen LogP contribution < -0.4 is 4.74 Å². The maximum Gasteiger partial charge on any atom is 0.342 e. The van der Waals surface area contributed by atoms with E-state index in [1.807, 2.05) is 0 Å². The lowest BCUT2D eigenvalue weighted by molar-refractivity contribution is -0.385. The first-order valence-corrected chi connectivity index (χ1v) is 6.75. The van der Waals surface area contributed by atoms with Gasteiger partial charge in [0.05, 0.1) is 12.0 Å². The minimum Gasteiger partial charge on any atom is -0.504 e. The van der Waals surface area contributed by atoms with Crippen LogP contribution in [0.1, 0.15) is 28.9 Å². The number of esters is 1. The molecule has 7 nitrogen and oxygen atoms in total. The van der Waals surface area contributed by atoms with Crippen molar-refractivity contribution in [2.24, 2.45) is 0 Å². The van der Waals surface area contributed by atoms with Crippen molar-refractivity contribution in [3.63, 3.8) is 0 Å². The minimum absolute atomic E-state index is 0.0402. The van der Waals surface area contributed by atoms with Crippen molar-refractivity contribution in [2.45, 2.75) is 13.0 Å². The molecule has 2 aromatic carbocycles. The molecule has 23 heavy (non-hydrogen) atoms. The number of carbonyl (C=O) groups excluding carboxylic acids is 1. The van der Waals surface area contributed by atoms with Crippen molar-refractivity contribution >= 4 is 11.7 Å². The topological polar surface area (TPSA) is 98.9 Å². The molecule has 0 aliphatic rings. The smallest absolute Gasteiger partial charge is 0.342 e. The molecule has 1 unspecified atom stereocenters. The van der Waals surface area contributed by atoms with Crippen LogP contribution in [0, 0.1) is 10.1 Å². The Morgan fingerprint density at radius 2 is 1.96 bits per heavy atom. The quantitative estimate of drug-likeness (QED) is 0.516. The molecule has 0 amide bonds. The summed E-state index contributed by atoms with van der Waals surface area (Å²) in [5, 5.41) is 20.7. The molecule has 120 valence electrons. The van der Waals surface area contributed by atoms with Gasteiger partial charge < -0.3 is 14.6 Å².